The number of ether oxygens (including phenoxy) is 7. The van der Waals surface area contributed by atoms with Crippen molar-refractivity contribution in [2.75, 3.05) is 33.1 Å². The quantitative estimate of drug-likeness (QED) is 0.0755. The number of carbonyl (C=O) groups is 4. The predicted molar refractivity (Wildman–Crippen MR) is 257 cm³/mol. The van der Waals surface area contributed by atoms with Crippen molar-refractivity contribution >= 4 is 35.1 Å². The first-order chi connectivity index (χ1) is 33.0. The summed E-state index contributed by atoms with van der Waals surface area (Å²) in [6.45, 7) is 17.7. The van der Waals surface area contributed by atoms with Gasteiger partial charge in [0.15, 0.2) is 18.7 Å². The maximum absolute atomic E-state index is 14.5. The van der Waals surface area contributed by atoms with Crippen molar-refractivity contribution in [3.63, 3.8) is 0 Å². The summed E-state index contributed by atoms with van der Waals surface area (Å²) in [6, 6.07) is 3.50. The van der Waals surface area contributed by atoms with E-state index in [0.717, 1.165) is 0 Å². The molecule has 0 aromatic heterocycles. The van der Waals surface area contributed by atoms with E-state index in [0.29, 0.717) is 12.1 Å². The Morgan fingerprint density at radius 2 is 1.61 bits per heavy atom. The van der Waals surface area contributed by atoms with Gasteiger partial charge in [-0.05, 0) is 101 Å². The van der Waals surface area contributed by atoms with Crippen molar-refractivity contribution in [2.45, 2.75) is 205 Å². The second-order valence-corrected chi connectivity index (χ2v) is 20.8. The first-order valence-corrected chi connectivity index (χ1v) is 24.6. The van der Waals surface area contributed by atoms with Crippen LogP contribution in [0.3, 0.4) is 0 Å². The molecule has 1 aromatic carbocycles. The van der Waals surface area contributed by atoms with Gasteiger partial charge in [0, 0.05) is 55.9 Å². The lowest BCUT2D eigenvalue weighted by molar-refractivity contribution is -0.384. The molecule has 0 spiro atoms. The second kappa shape index (κ2) is 24.9. The maximum Gasteiger partial charge on any atom is 0.311 e. The van der Waals surface area contributed by atoms with Gasteiger partial charge in [-0.15, -0.1) is 0 Å². The molecule has 3 saturated heterocycles. The fraction of sp³-hybridized carbons (Fsp3) is 0.796. The molecule has 0 saturated carbocycles. The van der Waals surface area contributed by atoms with Gasteiger partial charge >= 0.3 is 11.9 Å². The molecular weight excluding hydrogens is 931 g/mol. The number of non-ortho nitro benzene ring substituents is 1. The number of benzene rings is 1. The standard InChI is InChI=1S/C49H81N5O17/c1-15-35-49(11,62)40(57)29(6)43(58)51-25(2)23-47(9,61)41(71-46-38(56)34(53(12)13)22-26(3)66-46)27(4)39(28(5)45(60)68-35)70-37-24-48(10,65-14)42(31(8)67-37)69-36(55)20-21-50-30(7)44(59)52-32-16-18-33(19-17-32)54(63)64/h16-19,25-31,34-35,37-42,46,50,56-57,61-62H,15,20-24H2,1-14H3,(H,51,58)(H,52,59)/t25-,26-,27+,28-,29-,30+,31+,34+,35-,37+,38-,39+,40-,41-,42+,46+,47-,48-,49-/m1/s1. The highest BCUT2D eigenvalue weighted by molar-refractivity contribution is 5.94. The van der Waals surface area contributed by atoms with Crippen molar-refractivity contribution in [1.29, 1.82) is 0 Å². The molecule has 3 aliphatic heterocycles. The van der Waals surface area contributed by atoms with E-state index < -0.39 is 131 Å². The van der Waals surface area contributed by atoms with E-state index in [2.05, 4.69) is 16.0 Å². The van der Waals surface area contributed by atoms with Crippen molar-refractivity contribution in [3.05, 3.63) is 34.4 Å². The molecule has 3 heterocycles. The summed E-state index contributed by atoms with van der Waals surface area (Å²) < 4.78 is 44.1. The monoisotopic (exact) mass is 1010 g/mol. The van der Waals surface area contributed by atoms with Crippen LogP contribution in [0.4, 0.5) is 11.4 Å². The van der Waals surface area contributed by atoms with E-state index in [9.17, 15) is 49.7 Å². The third kappa shape index (κ3) is 14.9. The summed E-state index contributed by atoms with van der Waals surface area (Å²) in [7, 11) is 5.10. The first kappa shape index (κ1) is 59.6. The zero-order valence-electron chi connectivity index (χ0n) is 43.8. The van der Waals surface area contributed by atoms with Gasteiger partial charge in [0.1, 0.15) is 23.4 Å². The smallest absolute Gasteiger partial charge is 0.311 e. The average molecular weight is 1010 g/mol. The normalized spacial score (nSPS) is 39.3. The van der Waals surface area contributed by atoms with Crippen molar-refractivity contribution in [3.8, 4) is 0 Å². The van der Waals surface area contributed by atoms with Crippen LogP contribution >= 0.6 is 0 Å². The van der Waals surface area contributed by atoms with Gasteiger partial charge in [-0.2, -0.15) is 0 Å². The van der Waals surface area contributed by atoms with Gasteiger partial charge in [0.25, 0.3) is 5.69 Å². The van der Waals surface area contributed by atoms with Crippen molar-refractivity contribution < 1.29 is 77.7 Å². The molecule has 0 bridgehead atoms. The first-order valence-electron chi connectivity index (χ1n) is 24.6. The lowest BCUT2D eigenvalue weighted by Crippen LogP contribution is -2.61. The SMILES string of the molecule is CC[C@H]1OC(=O)[C@H](C)[C@@H](O[C@H]2C[C@@](C)(OC)[C@@H](OC(=O)CCN[C@@H](C)C(=O)Nc3ccc([N+](=O)[O-])cc3)[C@H](C)O2)[C@H](C)[C@@H](O[C@@H]2O[C@H](C)C[C@H](N(C)C)[C@H]2O)[C@](C)(O)C[C@@H](C)NC(=O)[C@H](C)[C@@H](O)[C@]1(C)O. The molecule has 404 valence electrons. The van der Waals surface area contributed by atoms with E-state index in [1.807, 2.05) is 25.9 Å². The van der Waals surface area contributed by atoms with Gasteiger partial charge in [-0.3, -0.25) is 29.3 Å². The van der Waals surface area contributed by atoms with Gasteiger partial charge in [0.2, 0.25) is 11.8 Å². The van der Waals surface area contributed by atoms with Crippen LogP contribution in [0, 0.1) is 27.9 Å². The number of nitro groups is 1. The minimum absolute atomic E-state index is 0.0390. The molecule has 3 aliphatic rings. The highest BCUT2D eigenvalue weighted by Crippen LogP contribution is 2.40. The number of nitrogens with zero attached hydrogens (tertiary/aromatic N) is 2. The summed E-state index contributed by atoms with van der Waals surface area (Å²) in [5, 5.41) is 66.9. The number of hydrogen-bond donors (Lipinski definition) is 7. The number of aliphatic hydroxyl groups excluding tert-OH is 2. The second-order valence-electron chi connectivity index (χ2n) is 20.8. The summed E-state index contributed by atoms with van der Waals surface area (Å²) in [4.78, 5) is 66.5. The summed E-state index contributed by atoms with van der Waals surface area (Å²) in [5.41, 5.74) is -4.92. The minimum atomic E-state index is -2.09. The van der Waals surface area contributed by atoms with Crippen LogP contribution < -0.4 is 16.0 Å². The highest BCUT2D eigenvalue weighted by Gasteiger charge is 2.54. The molecule has 2 amide bonds. The number of nitro benzene ring substituents is 1. The molecule has 22 heteroatoms. The molecule has 71 heavy (non-hydrogen) atoms. The Hall–Kier alpha value is -3.94. The third-order valence-electron chi connectivity index (χ3n) is 14.4. The molecule has 22 nitrogen and oxygen atoms in total. The van der Waals surface area contributed by atoms with Crippen LogP contribution in [0.1, 0.15) is 108 Å². The molecular formula is C49H81N5O17. The van der Waals surface area contributed by atoms with E-state index in [1.54, 1.807) is 48.5 Å². The molecule has 3 fully saturated rings. The summed E-state index contributed by atoms with van der Waals surface area (Å²) in [5.74, 6) is -5.82. The minimum Gasteiger partial charge on any atom is -0.459 e. The largest absolute Gasteiger partial charge is 0.459 e. The Bertz CT molecular complexity index is 1960. The lowest BCUT2D eigenvalue weighted by atomic mass is 9.78. The fourth-order valence-electron chi connectivity index (χ4n) is 10.1. The lowest BCUT2D eigenvalue weighted by Gasteiger charge is -2.49. The molecule has 1 aromatic rings. The Kier molecular flexibility index (Phi) is 20.9. The van der Waals surface area contributed by atoms with Crippen LogP contribution in [-0.4, -0.2) is 178 Å². The van der Waals surface area contributed by atoms with E-state index >= 15 is 0 Å². The Morgan fingerprint density at radius 3 is 2.18 bits per heavy atom. The molecule has 7 N–H and O–H groups in total. The molecule has 0 unspecified atom stereocenters. The number of methoxy groups -OCH3 is 1. The maximum atomic E-state index is 14.5. The summed E-state index contributed by atoms with van der Waals surface area (Å²) in [6.07, 6.45) is -11.0. The van der Waals surface area contributed by atoms with Gasteiger partial charge < -0.3 is 74.4 Å². The van der Waals surface area contributed by atoms with Crippen LogP contribution in [0.2, 0.25) is 0 Å². The Morgan fingerprint density at radius 1 is 0.972 bits per heavy atom. The number of rotatable bonds is 15. The van der Waals surface area contributed by atoms with Crippen LogP contribution in [-0.2, 0) is 52.3 Å². The Labute approximate surface area is 417 Å². The molecule has 4 rings (SSSR count). The summed E-state index contributed by atoms with van der Waals surface area (Å²) >= 11 is 0. The molecule has 0 aliphatic carbocycles. The van der Waals surface area contributed by atoms with Crippen LogP contribution in [0.5, 0.6) is 0 Å². The topological polar surface area (TPSA) is 296 Å². The fourth-order valence-corrected chi connectivity index (χ4v) is 10.1. The number of likely N-dealkylation sites (N-methyl/N-ethyl adjacent to an activating group) is 1. The van der Waals surface area contributed by atoms with Crippen LogP contribution in [0.25, 0.3) is 0 Å². The highest BCUT2D eigenvalue weighted by atomic mass is 16.7. The van der Waals surface area contributed by atoms with Gasteiger partial charge in [0.05, 0.1) is 65.3 Å². The predicted octanol–water partition coefficient (Wildman–Crippen LogP) is 2.55. The van der Waals surface area contributed by atoms with E-state index in [-0.39, 0.29) is 50.1 Å². The van der Waals surface area contributed by atoms with Gasteiger partial charge in [-0.1, -0.05) is 20.8 Å². The number of cyclic esters (lactones) is 1. The third-order valence-corrected chi connectivity index (χ3v) is 14.4. The zero-order valence-corrected chi connectivity index (χ0v) is 43.8. The number of nitrogens with one attached hydrogen (secondary N) is 3. The van der Waals surface area contributed by atoms with Crippen molar-refractivity contribution in [2.24, 2.45) is 17.8 Å². The zero-order chi connectivity index (χ0) is 53.5. The number of aliphatic hydroxyl groups is 4. The van der Waals surface area contributed by atoms with E-state index in [4.69, 9.17) is 33.2 Å². The number of anilines is 1. The van der Waals surface area contributed by atoms with E-state index in [1.165, 1.54) is 52.1 Å². The Balaban J connectivity index is 1.62. The number of amides is 2. The van der Waals surface area contributed by atoms with Crippen LogP contribution in [0.15, 0.2) is 24.3 Å². The number of hydrogen-bond acceptors (Lipinski definition) is 19. The molecule has 19 atom stereocenters. The average Bonchev–Trinajstić information content (AvgIpc) is 3.29. The number of esters is 2. The van der Waals surface area contributed by atoms with Gasteiger partial charge in [-0.25, -0.2) is 0 Å². The van der Waals surface area contributed by atoms with Crippen molar-refractivity contribution in [1.82, 2.24) is 15.5 Å². The number of carbonyl (C=O) groups excluding carboxylic acids is 4. The molecule has 0 radical (unpaired) electrons.